The van der Waals surface area contributed by atoms with Crippen molar-refractivity contribution >= 4 is 32.9 Å². The fourth-order valence-electron chi connectivity index (χ4n) is 1.43. The summed E-state index contributed by atoms with van der Waals surface area (Å²) >= 11 is 5.13. The molecule has 0 aliphatic rings. The lowest BCUT2D eigenvalue weighted by Crippen LogP contribution is -2.43. The van der Waals surface area contributed by atoms with Crippen LogP contribution in [-0.4, -0.2) is 25.1 Å². The van der Waals surface area contributed by atoms with Gasteiger partial charge in [0.25, 0.3) is 9.84 Å². The maximum Gasteiger partial charge on any atom is 0.501 e. The maximum atomic E-state index is 12.5. The van der Waals surface area contributed by atoms with Crippen LogP contribution < -0.4 is 10.6 Å². The summed E-state index contributed by atoms with van der Waals surface area (Å²) in [6, 6.07) is 4.30. The Hall–Kier alpha value is -1.35. The molecule has 0 unspecified atom stereocenters. The summed E-state index contributed by atoms with van der Waals surface area (Å²) in [4.78, 5) is -0.808. The van der Waals surface area contributed by atoms with Gasteiger partial charge in [-0.25, -0.2) is 8.42 Å². The molecule has 130 valence electrons. The molecule has 1 aromatic carbocycles. The summed E-state index contributed by atoms with van der Waals surface area (Å²) in [7, 11) is -5.34. The number of anilines is 1. The number of nitrogens with one attached hydrogen (secondary N) is 2. The van der Waals surface area contributed by atoms with E-state index in [0.29, 0.717) is 10.8 Å². The molecule has 4 nitrogen and oxygen atoms in total. The molecule has 23 heavy (non-hydrogen) atoms. The van der Waals surface area contributed by atoms with E-state index in [1.54, 1.807) is 0 Å². The Kier molecular flexibility index (Phi) is 5.69. The smallest absolute Gasteiger partial charge is 0.359 e. The van der Waals surface area contributed by atoms with E-state index in [1.165, 1.54) is 12.1 Å². The second-order valence-electron chi connectivity index (χ2n) is 6.16. The number of halogens is 3. The predicted octanol–water partition coefficient (Wildman–Crippen LogP) is 3.70. The molecule has 0 aliphatic carbocycles. The molecule has 9 heteroatoms. The Labute approximate surface area is 139 Å². The number of sulfone groups is 1. The summed E-state index contributed by atoms with van der Waals surface area (Å²) in [6.07, 6.45) is 0. The summed E-state index contributed by atoms with van der Waals surface area (Å²) in [5.74, 6) is 0. The second kappa shape index (κ2) is 6.64. The predicted molar refractivity (Wildman–Crippen MR) is 88.0 cm³/mol. The van der Waals surface area contributed by atoms with Crippen LogP contribution in [0.3, 0.4) is 0 Å². The molecule has 0 fully saturated rings. The molecule has 0 spiro atoms. The van der Waals surface area contributed by atoms with E-state index in [9.17, 15) is 21.6 Å². The molecule has 1 rings (SSSR count). The maximum absolute atomic E-state index is 12.5. The fourth-order valence-corrected chi connectivity index (χ4v) is 2.49. The van der Waals surface area contributed by atoms with Gasteiger partial charge >= 0.3 is 5.51 Å². The van der Waals surface area contributed by atoms with Crippen molar-refractivity contribution in [3.05, 3.63) is 24.3 Å². The van der Waals surface area contributed by atoms with Gasteiger partial charge in [0, 0.05) is 11.7 Å². The first-order valence-corrected chi connectivity index (χ1v) is 8.63. The number of thiocarbonyl (C=S) groups is 1. The quantitative estimate of drug-likeness (QED) is 0.797. The van der Waals surface area contributed by atoms with E-state index in [1.807, 2.05) is 27.7 Å². The third kappa shape index (κ3) is 5.07. The summed E-state index contributed by atoms with van der Waals surface area (Å²) in [6.45, 7) is 8.05. The molecule has 0 aromatic heterocycles. The van der Waals surface area contributed by atoms with Crippen molar-refractivity contribution in [2.45, 2.75) is 44.1 Å². The van der Waals surface area contributed by atoms with Gasteiger partial charge in [0.05, 0.1) is 4.90 Å². The minimum absolute atomic E-state index is 0.0314. The normalized spacial score (nSPS) is 14.2. The molecule has 2 N–H and O–H groups in total. The topological polar surface area (TPSA) is 58.2 Å². The van der Waals surface area contributed by atoms with Crippen molar-refractivity contribution in [1.82, 2.24) is 5.32 Å². The zero-order valence-corrected chi connectivity index (χ0v) is 14.8. The summed E-state index contributed by atoms with van der Waals surface area (Å²) in [5, 5.41) is 6.17. The highest BCUT2D eigenvalue weighted by molar-refractivity contribution is 7.92. The first-order chi connectivity index (χ1) is 10.2. The highest BCUT2D eigenvalue weighted by atomic mass is 32.2. The molecule has 0 heterocycles. The first-order valence-electron chi connectivity index (χ1n) is 6.74. The van der Waals surface area contributed by atoms with Crippen LogP contribution in [0.25, 0.3) is 0 Å². The number of hydrogen-bond donors (Lipinski definition) is 2. The molecule has 0 amide bonds. The highest BCUT2D eigenvalue weighted by Crippen LogP contribution is 2.30. The summed E-state index contributed by atoms with van der Waals surface area (Å²) in [5.41, 5.74) is -4.96. The average Bonchev–Trinajstić information content (AvgIpc) is 2.36. The monoisotopic (exact) mass is 368 g/mol. The van der Waals surface area contributed by atoms with Crippen LogP contribution >= 0.6 is 12.2 Å². The number of rotatable bonds is 3. The molecule has 0 bridgehead atoms. The number of hydrogen-bond acceptors (Lipinski definition) is 3. The van der Waals surface area contributed by atoms with Gasteiger partial charge in [-0.1, -0.05) is 20.8 Å². The van der Waals surface area contributed by atoms with Crippen LogP contribution in [0, 0.1) is 5.41 Å². The highest BCUT2D eigenvalue weighted by Gasteiger charge is 2.46. The zero-order chi connectivity index (χ0) is 18.1. The van der Waals surface area contributed by atoms with Gasteiger partial charge in [0.2, 0.25) is 0 Å². The van der Waals surface area contributed by atoms with Gasteiger partial charge in [-0.05, 0) is 48.8 Å². The van der Waals surface area contributed by atoms with Gasteiger partial charge in [-0.15, -0.1) is 0 Å². The van der Waals surface area contributed by atoms with Crippen molar-refractivity contribution in [3.8, 4) is 0 Å². The Morgan fingerprint density at radius 2 is 1.61 bits per heavy atom. The van der Waals surface area contributed by atoms with Gasteiger partial charge in [-0.3, -0.25) is 0 Å². The van der Waals surface area contributed by atoms with Crippen molar-refractivity contribution in [2.75, 3.05) is 5.32 Å². The fraction of sp³-hybridized carbons (Fsp3) is 0.500. The van der Waals surface area contributed by atoms with Crippen LogP contribution in [0.5, 0.6) is 0 Å². The van der Waals surface area contributed by atoms with Gasteiger partial charge in [0.15, 0.2) is 5.11 Å². The van der Waals surface area contributed by atoms with E-state index >= 15 is 0 Å². The third-order valence-corrected chi connectivity index (χ3v) is 5.10. The van der Waals surface area contributed by atoms with Crippen molar-refractivity contribution in [1.29, 1.82) is 0 Å². The van der Waals surface area contributed by atoms with Gasteiger partial charge in [0.1, 0.15) is 0 Å². The lowest BCUT2D eigenvalue weighted by atomic mass is 9.88. The molecule has 0 aliphatic heterocycles. The van der Waals surface area contributed by atoms with E-state index in [4.69, 9.17) is 12.2 Å². The van der Waals surface area contributed by atoms with Crippen LogP contribution in [0.2, 0.25) is 0 Å². The lowest BCUT2D eigenvalue weighted by molar-refractivity contribution is -0.0436. The molecular formula is C14H19F3N2O2S2. The van der Waals surface area contributed by atoms with Crippen molar-refractivity contribution in [3.63, 3.8) is 0 Å². The van der Waals surface area contributed by atoms with E-state index in [2.05, 4.69) is 10.6 Å². The molecule has 0 radical (unpaired) electrons. The first kappa shape index (κ1) is 19.7. The van der Waals surface area contributed by atoms with Crippen LogP contribution in [0.4, 0.5) is 18.9 Å². The van der Waals surface area contributed by atoms with Crippen LogP contribution in [0.1, 0.15) is 27.7 Å². The SMILES string of the molecule is C[C@H](NC(=S)Nc1ccc(S(=O)(=O)C(F)(F)F)cc1)C(C)(C)C. The molecule has 0 saturated carbocycles. The Morgan fingerprint density at radius 3 is 2.00 bits per heavy atom. The van der Waals surface area contributed by atoms with E-state index in [0.717, 1.165) is 12.1 Å². The van der Waals surface area contributed by atoms with E-state index < -0.39 is 20.2 Å². The Balaban J connectivity index is 2.81. The second-order valence-corrected chi connectivity index (χ2v) is 8.51. The molecule has 1 aromatic rings. The van der Waals surface area contributed by atoms with Crippen LogP contribution in [-0.2, 0) is 9.84 Å². The minimum atomic E-state index is -5.34. The molecular weight excluding hydrogens is 349 g/mol. The standard InChI is InChI=1S/C14H19F3N2O2S2/c1-9(13(2,3)4)18-12(22)19-10-5-7-11(8-6-10)23(20,21)14(15,16)17/h5-9H,1-4H3,(H2,18,19,22)/t9-/m0/s1. The Bertz CT molecular complexity index is 663. The molecule has 0 saturated heterocycles. The van der Waals surface area contributed by atoms with E-state index in [-0.39, 0.29) is 11.5 Å². The minimum Gasteiger partial charge on any atom is -0.359 e. The third-order valence-electron chi connectivity index (χ3n) is 3.37. The van der Waals surface area contributed by atoms with Crippen molar-refractivity contribution < 1.29 is 21.6 Å². The molecule has 1 atom stereocenters. The Morgan fingerprint density at radius 1 is 1.13 bits per heavy atom. The largest absolute Gasteiger partial charge is 0.501 e. The summed E-state index contributed by atoms with van der Waals surface area (Å²) < 4.78 is 59.9. The van der Waals surface area contributed by atoms with Crippen molar-refractivity contribution in [2.24, 2.45) is 5.41 Å². The average molecular weight is 368 g/mol. The number of benzene rings is 1. The van der Waals surface area contributed by atoms with Gasteiger partial charge < -0.3 is 10.6 Å². The van der Waals surface area contributed by atoms with Crippen LogP contribution in [0.15, 0.2) is 29.2 Å². The number of alkyl halides is 3. The lowest BCUT2D eigenvalue weighted by Gasteiger charge is -2.29. The van der Waals surface area contributed by atoms with Gasteiger partial charge in [-0.2, -0.15) is 13.2 Å². The zero-order valence-electron chi connectivity index (χ0n) is 13.2.